The van der Waals surface area contributed by atoms with Crippen LogP contribution in [-0.4, -0.2) is 32.4 Å². The molecule has 12 heavy (non-hydrogen) atoms. The summed E-state index contributed by atoms with van der Waals surface area (Å²) in [4.78, 5) is 3.58. The maximum Gasteiger partial charge on any atom is 0.508 e. The highest BCUT2D eigenvalue weighted by Crippen LogP contribution is 2.04. The molecule has 0 saturated heterocycles. The summed E-state index contributed by atoms with van der Waals surface area (Å²) < 4.78 is 0. The van der Waals surface area contributed by atoms with Crippen molar-refractivity contribution in [3.63, 3.8) is 0 Å². The average molecular weight is 169 g/mol. The fraction of sp³-hybridized carbons (Fsp3) is 0.167. The number of nitrogens with zero attached hydrogens (tertiary/aromatic N) is 1. The molecule has 1 heterocycles. The molecule has 0 aromatic carbocycles. The zero-order valence-electron chi connectivity index (χ0n) is 6.12. The molecule has 0 saturated carbocycles. The third-order valence-corrected chi connectivity index (χ3v) is 1.37. The van der Waals surface area contributed by atoms with Gasteiger partial charge in [-0.1, -0.05) is 6.07 Å². The topological polar surface area (TPSA) is 93.8 Å². The smallest absolute Gasteiger partial charge is 0.422 e. The number of rotatable bonds is 2. The predicted molar refractivity (Wildman–Crippen MR) is 41.2 cm³/mol. The molecule has 1 aromatic heterocycles. The molecule has 0 unspecified atom stereocenters. The van der Waals surface area contributed by atoms with Crippen molar-refractivity contribution >= 4 is 12.7 Å². The largest absolute Gasteiger partial charge is 0.508 e. The molecular weight excluding hydrogens is 161 g/mol. The van der Waals surface area contributed by atoms with Crippen LogP contribution >= 0.6 is 0 Å². The maximum absolute atomic E-state index is 8.64. The standard InChI is InChI=1S/C6H8BNO4/c9-6(10)4-1-2-5(7(11)12)8-3-4/h1-3,6,9-12H. The van der Waals surface area contributed by atoms with E-state index in [-0.39, 0.29) is 11.2 Å². The van der Waals surface area contributed by atoms with E-state index in [4.69, 9.17) is 20.3 Å². The molecule has 0 aliphatic carbocycles. The molecule has 0 amide bonds. The van der Waals surface area contributed by atoms with Crippen molar-refractivity contribution in [2.45, 2.75) is 6.29 Å². The number of hydrogen-bond donors (Lipinski definition) is 4. The molecule has 5 nitrogen and oxygen atoms in total. The molecule has 0 atom stereocenters. The molecule has 64 valence electrons. The zero-order chi connectivity index (χ0) is 9.14. The first-order valence-corrected chi connectivity index (χ1v) is 3.29. The van der Waals surface area contributed by atoms with Crippen molar-refractivity contribution in [3.05, 3.63) is 23.9 Å². The highest BCUT2D eigenvalue weighted by atomic mass is 16.5. The Labute approximate surface area is 69.1 Å². The van der Waals surface area contributed by atoms with E-state index in [1.165, 1.54) is 18.3 Å². The number of hydrogen-bond acceptors (Lipinski definition) is 5. The van der Waals surface area contributed by atoms with Gasteiger partial charge in [-0.25, -0.2) is 0 Å². The summed E-state index contributed by atoms with van der Waals surface area (Å²) >= 11 is 0. The van der Waals surface area contributed by atoms with Gasteiger partial charge in [-0.15, -0.1) is 0 Å². The van der Waals surface area contributed by atoms with Gasteiger partial charge in [0.05, 0.1) is 5.59 Å². The highest BCUT2D eigenvalue weighted by Gasteiger charge is 2.12. The van der Waals surface area contributed by atoms with Crippen molar-refractivity contribution in [1.29, 1.82) is 0 Å². The first kappa shape index (κ1) is 9.15. The van der Waals surface area contributed by atoms with Gasteiger partial charge in [-0.3, -0.25) is 4.98 Å². The molecular formula is C6H8BNO4. The second-order valence-corrected chi connectivity index (χ2v) is 2.26. The van der Waals surface area contributed by atoms with E-state index in [9.17, 15) is 0 Å². The minimum absolute atomic E-state index is 0.0689. The minimum atomic E-state index is -1.63. The highest BCUT2D eigenvalue weighted by molar-refractivity contribution is 6.57. The molecule has 4 N–H and O–H groups in total. The molecule has 0 radical (unpaired) electrons. The van der Waals surface area contributed by atoms with E-state index in [2.05, 4.69) is 4.98 Å². The van der Waals surface area contributed by atoms with Crippen LogP contribution in [0.25, 0.3) is 0 Å². The Morgan fingerprint density at radius 2 is 1.92 bits per heavy atom. The summed E-state index contributed by atoms with van der Waals surface area (Å²) in [6.07, 6.45) is -0.415. The molecule has 6 heteroatoms. The minimum Gasteiger partial charge on any atom is -0.422 e. The second kappa shape index (κ2) is 3.64. The molecule has 0 bridgehead atoms. The van der Waals surface area contributed by atoms with Gasteiger partial charge in [0.1, 0.15) is 0 Å². The van der Waals surface area contributed by atoms with Gasteiger partial charge < -0.3 is 20.3 Å². The van der Waals surface area contributed by atoms with E-state index in [0.717, 1.165) is 0 Å². The number of aliphatic hydroxyl groups excluding tert-OH is 1. The maximum atomic E-state index is 8.64. The predicted octanol–water partition coefficient (Wildman–Crippen LogP) is -2.26. The summed E-state index contributed by atoms with van der Waals surface area (Å²) in [5, 5.41) is 34.5. The van der Waals surface area contributed by atoms with E-state index in [1.807, 2.05) is 0 Å². The van der Waals surface area contributed by atoms with Gasteiger partial charge >= 0.3 is 7.12 Å². The average Bonchev–Trinajstić information content (AvgIpc) is 2.04. The van der Waals surface area contributed by atoms with Crippen LogP contribution in [0.1, 0.15) is 11.9 Å². The zero-order valence-corrected chi connectivity index (χ0v) is 6.12. The van der Waals surface area contributed by atoms with Crippen molar-refractivity contribution < 1.29 is 20.3 Å². The normalized spacial score (nSPS) is 10.4. The lowest BCUT2D eigenvalue weighted by atomic mass is 9.85. The van der Waals surface area contributed by atoms with Crippen LogP contribution in [0.5, 0.6) is 0 Å². The Morgan fingerprint density at radius 3 is 2.25 bits per heavy atom. The van der Waals surface area contributed by atoms with Crippen LogP contribution in [0.15, 0.2) is 18.3 Å². The Kier molecular flexibility index (Phi) is 2.77. The van der Waals surface area contributed by atoms with Gasteiger partial charge in [0, 0.05) is 11.8 Å². The Morgan fingerprint density at radius 1 is 1.25 bits per heavy atom. The van der Waals surface area contributed by atoms with Crippen LogP contribution in [0.4, 0.5) is 0 Å². The Balaban J connectivity index is 2.86. The summed E-state index contributed by atoms with van der Waals surface area (Å²) in [6, 6.07) is 2.66. The number of aliphatic hydroxyl groups is 2. The quantitative estimate of drug-likeness (QED) is 0.296. The van der Waals surface area contributed by atoms with Gasteiger partial charge in [0.25, 0.3) is 0 Å². The fourth-order valence-electron chi connectivity index (χ4n) is 0.722. The molecule has 0 aliphatic heterocycles. The fourth-order valence-corrected chi connectivity index (χ4v) is 0.722. The van der Waals surface area contributed by atoms with Gasteiger partial charge in [0.15, 0.2) is 6.29 Å². The lowest BCUT2D eigenvalue weighted by Gasteiger charge is -2.03. The first-order valence-electron chi connectivity index (χ1n) is 3.29. The van der Waals surface area contributed by atoms with E-state index < -0.39 is 13.4 Å². The Hall–Kier alpha value is -0.945. The lowest BCUT2D eigenvalue weighted by Crippen LogP contribution is -2.32. The Bertz CT molecular complexity index is 221. The van der Waals surface area contributed by atoms with Crippen molar-refractivity contribution in [1.82, 2.24) is 4.98 Å². The number of aromatic nitrogens is 1. The first-order chi connectivity index (χ1) is 5.61. The monoisotopic (exact) mass is 169 g/mol. The van der Waals surface area contributed by atoms with Crippen LogP contribution < -0.4 is 5.59 Å². The molecule has 0 spiro atoms. The molecule has 1 rings (SSSR count). The summed E-state index contributed by atoms with van der Waals surface area (Å²) in [7, 11) is -1.63. The third kappa shape index (κ3) is 2.02. The third-order valence-electron chi connectivity index (χ3n) is 1.37. The van der Waals surface area contributed by atoms with E-state index in [1.54, 1.807) is 0 Å². The van der Waals surface area contributed by atoms with Crippen LogP contribution in [0.3, 0.4) is 0 Å². The van der Waals surface area contributed by atoms with Gasteiger partial charge in [-0.2, -0.15) is 0 Å². The molecule has 0 aliphatic rings. The van der Waals surface area contributed by atoms with Crippen LogP contribution in [0, 0.1) is 0 Å². The van der Waals surface area contributed by atoms with Crippen LogP contribution in [0.2, 0.25) is 0 Å². The lowest BCUT2D eigenvalue weighted by molar-refractivity contribution is -0.0427. The summed E-state index contributed by atoms with van der Waals surface area (Å²) in [5.41, 5.74) is 0.277. The van der Waals surface area contributed by atoms with Crippen molar-refractivity contribution in [2.75, 3.05) is 0 Å². The summed E-state index contributed by atoms with van der Waals surface area (Å²) in [6.45, 7) is 0. The van der Waals surface area contributed by atoms with E-state index in [0.29, 0.717) is 0 Å². The van der Waals surface area contributed by atoms with E-state index >= 15 is 0 Å². The second-order valence-electron chi connectivity index (χ2n) is 2.26. The van der Waals surface area contributed by atoms with Crippen molar-refractivity contribution in [2.24, 2.45) is 0 Å². The van der Waals surface area contributed by atoms with Gasteiger partial charge in [0.2, 0.25) is 0 Å². The van der Waals surface area contributed by atoms with Gasteiger partial charge in [-0.05, 0) is 6.07 Å². The van der Waals surface area contributed by atoms with Crippen molar-refractivity contribution in [3.8, 4) is 0 Å². The summed E-state index contributed by atoms with van der Waals surface area (Å²) in [5.74, 6) is 0. The van der Waals surface area contributed by atoms with Crippen LogP contribution in [-0.2, 0) is 0 Å². The molecule has 1 aromatic rings. The SMILES string of the molecule is OB(O)c1ccc(C(O)O)cn1. The number of pyridine rings is 1. The molecule has 0 fully saturated rings.